The van der Waals surface area contributed by atoms with E-state index in [-0.39, 0.29) is 12.8 Å². The van der Waals surface area contributed by atoms with E-state index < -0.39 is 22.4 Å². The van der Waals surface area contributed by atoms with Crippen LogP contribution in [0.25, 0.3) is 0 Å². The first-order chi connectivity index (χ1) is 17.5. The Morgan fingerprint density at radius 2 is 1.78 bits per heavy atom. The first-order valence-electron chi connectivity index (χ1n) is 13.0. The second kappa shape index (κ2) is 19.6. The number of carbonyl (C=O) groups excluding carboxylic acids is 3. The Bertz CT molecular complexity index is 810. The van der Waals surface area contributed by atoms with Crippen LogP contribution in [0, 0.1) is 11.3 Å². The van der Waals surface area contributed by atoms with Crippen LogP contribution in [0.4, 0.5) is 4.39 Å². The summed E-state index contributed by atoms with van der Waals surface area (Å²) in [6.07, 6.45) is 4.53. The van der Waals surface area contributed by atoms with Crippen LogP contribution in [0.5, 0.6) is 0 Å². The summed E-state index contributed by atoms with van der Waals surface area (Å²) in [6.45, 7) is 15.5. The summed E-state index contributed by atoms with van der Waals surface area (Å²) < 4.78 is 12.5. The summed E-state index contributed by atoms with van der Waals surface area (Å²) in [4.78, 5) is 34.3. The molecule has 210 valence electrons. The molecule has 9 heteroatoms. The van der Waals surface area contributed by atoms with Crippen LogP contribution in [0.15, 0.2) is 24.3 Å². The van der Waals surface area contributed by atoms with Crippen LogP contribution in [0.1, 0.15) is 85.3 Å². The van der Waals surface area contributed by atoms with E-state index in [2.05, 4.69) is 42.1 Å². The van der Waals surface area contributed by atoms with Gasteiger partial charge in [-0.25, -0.2) is 4.39 Å². The Kier molecular flexibility index (Phi) is 19.5. The maximum atomic E-state index is 13.2. The number of hydrogen-bond donors (Lipinski definition) is 3. The number of alkyl halides is 1. The highest BCUT2D eigenvalue weighted by molar-refractivity contribution is 7.81. The van der Waals surface area contributed by atoms with Gasteiger partial charge in [0.25, 0.3) is 5.91 Å². The Morgan fingerprint density at radius 1 is 1.24 bits per heavy atom. The number of nitrogens with one attached hydrogen (secondary N) is 2. The number of benzene rings is 1. The second-order valence-corrected chi connectivity index (χ2v) is 10.1. The van der Waals surface area contributed by atoms with Crippen LogP contribution in [-0.2, 0) is 20.9 Å². The van der Waals surface area contributed by atoms with Crippen molar-refractivity contribution >= 4 is 31.2 Å². The summed E-state index contributed by atoms with van der Waals surface area (Å²) in [6, 6.07) is 9.19. The van der Waals surface area contributed by atoms with Crippen molar-refractivity contribution in [2.24, 2.45) is 0 Å². The summed E-state index contributed by atoms with van der Waals surface area (Å²) in [5, 5.41) is 13.4. The zero-order valence-corrected chi connectivity index (χ0v) is 24.7. The molecule has 1 saturated carbocycles. The standard InChI is InChI=1S/C9H14FNO2S.C9H8N2O.C6H13N.2C2H6/c1-8(2,14)6(5-12)11-7(13)9(10)3-4-9;10-5-8-1-3-9(4-2-8)6-11-7-12;1-6-4-3-5-7(6)2;2*1-2/h5-6,14H,3-4H2,1-2H3,(H,11,13);1-4,7H,6H2,(H,11,12);6H,3-5H2,1-2H3;2*1-2H3. The highest BCUT2D eigenvalue weighted by Crippen LogP contribution is 2.40. The van der Waals surface area contributed by atoms with Crippen LogP contribution >= 0.6 is 12.6 Å². The van der Waals surface area contributed by atoms with Gasteiger partial charge in [0, 0.05) is 17.3 Å². The number of nitriles is 1. The van der Waals surface area contributed by atoms with Crippen molar-refractivity contribution in [1.82, 2.24) is 15.5 Å². The predicted molar refractivity (Wildman–Crippen MR) is 152 cm³/mol. The van der Waals surface area contributed by atoms with Crippen LogP contribution in [0.3, 0.4) is 0 Å². The van der Waals surface area contributed by atoms with Crippen molar-refractivity contribution in [2.75, 3.05) is 13.6 Å². The average molecular weight is 539 g/mol. The molecule has 7 nitrogen and oxygen atoms in total. The number of halogens is 1. The number of thiol groups is 1. The van der Waals surface area contributed by atoms with E-state index in [0.717, 1.165) is 11.6 Å². The predicted octanol–water partition coefficient (Wildman–Crippen LogP) is 4.84. The number of nitrogens with zero attached hydrogens (tertiary/aromatic N) is 2. The normalized spacial score (nSPS) is 17.6. The van der Waals surface area contributed by atoms with Gasteiger partial charge in [0.1, 0.15) is 6.29 Å². The van der Waals surface area contributed by atoms with Gasteiger partial charge in [0.15, 0.2) is 5.67 Å². The molecule has 2 unspecified atom stereocenters. The molecule has 1 aromatic carbocycles. The summed E-state index contributed by atoms with van der Waals surface area (Å²) >= 11 is 4.15. The van der Waals surface area contributed by atoms with Crippen molar-refractivity contribution in [1.29, 1.82) is 5.26 Å². The lowest BCUT2D eigenvalue weighted by molar-refractivity contribution is -0.130. The van der Waals surface area contributed by atoms with Crippen molar-refractivity contribution in [3.63, 3.8) is 0 Å². The van der Waals surface area contributed by atoms with Gasteiger partial charge in [0.2, 0.25) is 6.41 Å². The highest BCUT2D eigenvalue weighted by Gasteiger charge is 2.51. The minimum atomic E-state index is -1.74. The quantitative estimate of drug-likeness (QED) is 0.341. The number of likely N-dealkylation sites (tertiary alicyclic amines) is 1. The monoisotopic (exact) mass is 538 g/mol. The van der Waals surface area contributed by atoms with Gasteiger partial charge in [-0.3, -0.25) is 9.59 Å². The summed E-state index contributed by atoms with van der Waals surface area (Å²) in [5.41, 5.74) is -0.119. The second-order valence-electron chi connectivity index (χ2n) is 8.99. The molecule has 2 fully saturated rings. The average Bonchev–Trinajstić information content (AvgIpc) is 3.56. The lowest BCUT2D eigenvalue weighted by atomic mass is 10.0. The molecule has 0 bridgehead atoms. The molecule has 2 atom stereocenters. The smallest absolute Gasteiger partial charge is 0.258 e. The zero-order valence-electron chi connectivity index (χ0n) is 23.8. The highest BCUT2D eigenvalue weighted by atomic mass is 32.1. The fourth-order valence-corrected chi connectivity index (χ4v) is 3.04. The van der Waals surface area contributed by atoms with Crippen LogP contribution in [0.2, 0.25) is 0 Å². The topological polar surface area (TPSA) is 102 Å². The van der Waals surface area contributed by atoms with Crippen LogP contribution in [-0.4, -0.2) is 59.6 Å². The maximum absolute atomic E-state index is 13.2. The Hall–Kier alpha value is -2.44. The summed E-state index contributed by atoms with van der Waals surface area (Å²) in [7, 11) is 2.19. The van der Waals surface area contributed by atoms with E-state index in [9.17, 15) is 18.8 Å². The van der Waals surface area contributed by atoms with E-state index in [4.69, 9.17) is 5.26 Å². The van der Waals surface area contributed by atoms with E-state index in [0.29, 0.717) is 24.8 Å². The molecule has 1 aromatic rings. The fraction of sp³-hybridized carbons (Fsp3) is 0.643. The number of amides is 2. The van der Waals surface area contributed by atoms with Crippen molar-refractivity contribution < 1.29 is 18.8 Å². The molecule has 1 saturated heterocycles. The minimum Gasteiger partial charge on any atom is -0.355 e. The van der Waals surface area contributed by atoms with Gasteiger partial charge in [0.05, 0.1) is 17.7 Å². The van der Waals surface area contributed by atoms with Gasteiger partial charge in [-0.1, -0.05) is 39.8 Å². The molecule has 1 aliphatic heterocycles. The first-order valence-corrected chi connectivity index (χ1v) is 13.5. The fourth-order valence-electron chi connectivity index (χ4n) is 2.92. The van der Waals surface area contributed by atoms with E-state index in [1.165, 1.54) is 19.4 Å². The molecule has 3 rings (SSSR count). The third-order valence-corrected chi connectivity index (χ3v) is 5.92. The molecule has 0 aromatic heterocycles. The number of hydrogen-bond acceptors (Lipinski definition) is 6. The Labute approximate surface area is 229 Å². The number of rotatable bonds is 7. The molecule has 2 aliphatic rings. The largest absolute Gasteiger partial charge is 0.355 e. The third-order valence-electron chi connectivity index (χ3n) is 5.64. The van der Waals surface area contributed by atoms with E-state index in [1.807, 2.05) is 45.9 Å². The molecule has 1 heterocycles. The molecule has 2 amide bonds. The maximum Gasteiger partial charge on any atom is 0.258 e. The van der Waals surface area contributed by atoms with Gasteiger partial charge >= 0.3 is 0 Å². The van der Waals surface area contributed by atoms with Crippen molar-refractivity contribution in [3.05, 3.63) is 35.4 Å². The molecule has 0 spiro atoms. The molecule has 2 N–H and O–H groups in total. The number of carbonyl (C=O) groups is 3. The lowest BCUT2D eigenvalue weighted by Crippen LogP contribution is -2.50. The van der Waals surface area contributed by atoms with Gasteiger partial charge in [-0.2, -0.15) is 17.9 Å². The molecule has 1 aliphatic carbocycles. The molecular formula is C28H47FN4O3S. The third kappa shape index (κ3) is 15.4. The van der Waals surface area contributed by atoms with Gasteiger partial charge < -0.3 is 20.3 Å². The zero-order chi connectivity index (χ0) is 29.1. The van der Waals surface area contributed by atoms with Gasteiger partial charge in [-0.05, 0) is 77.7 Å². The first kappa shape index (κ1) is 36.7. The SMILES string of the molecule is CC.CC.CC(C)(S)C(C=O)NC(=O)C1(F)CC1.CC1CCCN1C.N#Cc1ccc(CNC=O)cc1. The minimum absolute atomic E-state index is 0.247. The van der Waals surface area contributed by atoms with Crippen molar-refractivity contribution in [2.45, 2.75) is 103 Å². The van der Waals surface area contributed by atoms with Gasteiger partial charge in [-0.15, -0.1) is 0 Å². The lowest BCUT2D eigenvalue weighted by Gasteiger charge is -2.26. The van der Waals surface area contributed by atoms with E-state index >= 15 is 0 Å². The number of aldehydes is 1. The van der Waals surface area contributed by atoms with Crippen LogP contribution < -0.4 is 10.6 Å². The molecule has 0 radical (unpaired) electrons. The Morgan fingerprint density at radius 3 is 2.08 bits per heavy atom. The Balaban J connectivity index is 0. The summed E-state index contributed by atoms with van der Waals surface area (Å²) in [5.74, 6) is -0.697. The molecular weight excluding hydrogens is 491 g/mol. The molecule has 37 heavy (non-hydrogen) atoms. The van der Waals surface area contributed by atoms with Crippen molar-refractivity contribution in [3.8, 4) is 6.07 Å². The van der Waals surface area contributed by atoms with E-state index in [1.54, 1.807) is 26.0 Å².